The lowest BCUT2D eigenvalue weighted by Gasteiger charge is -2.31. The minimum atomic E-state index is -0.367. The maximum Gasteiger partial charge on any atom is 0.314 e. The molecule has 1 fully saturated rings. The first-order valence-electron chi connectivity index (χ1n) is 10.0. The Labute approximate surface area is 171 Å². The monoisotopic (exact) mass is 397 g/mol. The van der Waals surface area contributed by atoms with Crippen molar-refractivity contribution in [1.82, 2.24) is 4.90 Å². The van der Waals surface area contributed by atoms with Crippen molar-refractivity contribution in [2.45, 2.75) is 46.0 Å². The average Bonchev–Trinajstić information content (AvgIpc) is 2.69. The van der Waals surface area contributed by atoms with Crippen LogP contribution < -0.4 is 4.74 Å². The molecule has 1 aliphatic rings. The molecule has 0 N–H and O–H groups in total. The molecule has 2 aromatic carbocycles. The summed E-state index contributed by atoms with van der Waals surface area (Å²) in [4.78, 5) is 26.9. The third-order valence-corrected chi connectivity index (χ3v) is 5.46. The molecule has 154 valence electrons. The van der Waals surface area contributed by atoms with Gasteiger partial charge in [0.2, 0.25) is 0 Å². The SMILES string of the molecule is Cc1cc(C(C)(C)C)ccc1OC(=O)C1CCN(C(=O)c2ccc(F)cc2)CC1. The molecule has 0 aromatic heterocycles. The lowest BCUT2D eigenvalue weighted by molar-refractivity contribution is -0.140. The largest absolute Gasteiger partial charge is 0.426 e. The van der Waals surface area contributed by atoms with Crippen LogP contribution in [0.4, 0.5) is 4.39 Å². The highest BCUT2D eigenvalue weighted by Gasteiger charge is 2.29. The third kappa shape index (κ3) is 5.03. The van der Waals surface area contributed by atoms with Gasteiger partial charge in [-0.1, -0.05) is 32.9 Å². The van der Waals surface area contributed by atoms with Gasteiger partial charge in [-0.25, -0.2) is 4.39 Å². The Balaban J connectivity index is 1.57. The summed E-state index contributed by atoms with van der Waals surface area (Å²) in [6, 6.07) is 11.5. The Hall–Kier alpha value is -2.69. The number of likely N-dealkylation sites (tertiary alicyclic amines) is 1. The van der Waals surface area contributed by atoms with Crippen molar-refractivity contribution in [2.75, 3.05) is 13.1 Å². The maximum atomic E-state index is 13.0. The zero-order chi connectivity index (χ0) is 21.2. The number of amides is 1. The number of nitrogens with zero attached hydrogens (tertiary/aromatic N) is 1. The Morgan fingerprint density at radius 2 is 1.66 bits per heavy atom. The molecular formula is C24H28FNO3. The van der Waals surface area contributed by atoms with Crippen LogP contribution in [0.3, 0.4) is 0 Å². The fourth-order valence-electron chi connectivity index (χ4n) is 3.52. The number of rotatable bonds is 3. The van der Waals surface area contributed by atoms with E-state index in [9.17, 15) is 14.0 Å². The lowest BCUT2D eigenvalue weighted by Crippen LogP contribution is -2.41. The van der Waals surface area contributed by atoms with Crippen molar-refractivity contribution in [1.29, 1.82) is 0 Å². The van der Waals surface area contributed by atoms with Gasteiger partial charge in [0.25, 0.3) is 5.91 Å². The van der Waals surface area contributed by atoms with E-state index in [0.29, 0.717) is 37.2 Å². The second-order valence-corrected chi connectivity index (χ2v) is 8.72. The van der Waals surface area contributed by atoms with Gasteiger partial charge in [0.05, 0.1) is 5.92 Å². The lowest BCUT2D eigenvalue weighted by atomic mass is 9.86. The topological polar surface area (TPSA) is 46.6 Å². The van der Waals surface area contributed by atoms with Gasteiger partial charge in [0.1, 0.15) is 11.6 Å². The molecule has 1 heterocycles. The number of hydrogen-bond acceptors (Lipinski definition) is 3. The molecule has 29 heavy (non-hydrogen) atoms. The smallest absolute Gasteiger partial charge is 0.314 e. The van der Waals surface area contributed by atoms with E-state index in [1.54, 1.807) is 4.90 Å². The summed E-state index contributed by atoms with van der Waals surface area (Å²) < 4.78 is 18.7. The number of hydrogen-bond donors (Lipinski definition) is 0. The van der Waals surface area contributed by atoms with Crippen LogP contribution in [0.1, 0.15) is 55.1 Å². The van der Waals surface area contributed by atoms with Gasteiger partial charge in [0.15, 0.2) is 0 Å². The highest BCUT2D eigenvalue weighted by molar-refractivity contribution is 5.94. The fraction of sp³-hybridized carbons (Fsp3) is 0.417. The molecule has 0 bridgehead atoms. The molecule has 0 saturated carbocycles. The Kier molecular flexibility index (Phi) is 6.06. The fourth-order valence-corrected chi connectivity index (χ4v) is 3.52. The standard InChI is InChI=1S/C24H28FNO3/c1-16-15-19(24(2,3)4)7-10-21(16)29-23(28)18-11-13-26(14-12-18)22(27)17-5-8-20(25)9-6-17/h5-10,15,18H,11-14H2,1-4H3. The Bertz CT molecular complexity index is 891. The molecule has 5 heteroatoms. The number of piperidine rings is 1. The third-order valence-electron chi connectivity index (χ3n) is 5.46. The molecule has 1 amide bonds. The van der Waals surface area contributed by atoms with Crippen molar-refractivity contribution < 1.29 is 18.7 Å². The summed E-state index contributed by atoms with van der Waals surface area (Å²) >= 11 is 0. The van der Waals surface area contributed by atoms with Crippen LogP contribution in [0.5, 0.6) is 5.75 Å². The molecule has 0 spiro atoms. The van der Waals surface area contributed by atoms with E-state index >= 15 is 0 Å². The molecule has 2 aromatic rings. The predicted octanol–water partition coefficient (Wildman–Crippen LogP) is 4.89. The van der Waals surface area contributed by atoms with Crippen LogP contribution in [-0.4, -0.2) is 29.9 Å². The molecule has 1 aliphatic heterocycles. The average molecular weight is 397 g/mol. The van der Waals surface area contributed by atoms with E-state index in [-0.39, 0.29) is 29.0 Å². The highest BCUT2D eigenvalue weighted by atomic mass is 19.1. The van der Waals surface area contributed by atoms with Gasteiger partial charge >= 0.3 is 5.97 Å². The molecule has 0 unspecified atom stereocenters. The zero-order valence-corrected chi connectivity index (χ0v) is 17.5. The second kappa shape index (κ2) is 8.36. The number of carbonyl (C=O) groups excluding carboxylic acids is 2. The predicted molar refractivity (Wildman–Crippen MR) is 111 cm³/mol. The summed E-state index contributed by atoms with van der Waals surface area (Å²) in [5.41, 5.74) is 2.64. The van der Waals surface area contributed by atoms with Gasteiger partial charge in [-0.3, -0.25) is 9.59 Å². The van der Waals surface area contributed by atoms with E-state index in [1.807, 2.05) is 19.1 Å². The molecule has 1 saturated heterocycles. The summed E-state index contributed by atoms with van der Waals surface area (Å²) in [7, 11) is 0. The molecular weight excluding hydrogens is 369 g/mol. The molecule has 0 aliphatic carbocycles. The second-order valence-electron chi connectivity index (χ2n) is 8.72. The van der Waals surface area contributed by atoms with Crippen molar-refractivity contribution in [3.63, 3.8) is 0 Å². The van der Waals surface area contributed by atoms with Crippen LogP contribution in [-0.2, 0) is 10.2 Å². The first kappa shape index (κ1) is 21.0. The number of ether oxygens (including phenoxy) is 1. The van der Waals surface area contributed by atoms with Crippen molar-refractivity contribution in [2.24, 2.45) is 5.92 Å². The molecule has 0 atom stereocenters. The zero-order valence-electron chi connectivity index (χ0n) is 17.5. The Morgan fingerprint density at radius 1 is 1.03 bits per heavy atom. The maximum absolute atomic E-state index is 13.0. The van der Waals surface area contributed by atoms with Gasteiger partial charge < -0.3 is 9.64 Å². The van der Waals surface area contributed by atoms with E-state index < -0.39 is 0 Å². The van der Waals surface area contributed by atoms with Crippen molar-refractivity contribution >= 4 is 11.9 Å². The van der Waals surface area contributed by atoms with Crippen molar-refractivity contribution in [3.8, 4) is 5.75 Å². The van der Waals surface area contributed by atoms with Gasteiger partial charge in [-0.15, -0.1) is 0 Å². The van der Waals surface area contributed by atoms with E-state index in [4.69, 9.17) is 4.74 Å². The summed E-state index contributed by atoms with van der Waals surface area (Å²) in [6.07, 6.45) is 1.12. The van der Waals surface area contributed by atoms with Crippen LogP contribution in [0.25, 0.3) is 0 Å². The normalized spacial score (nSPS) is 15.3. The molecule has 3 rings (SSSR count). The van der Waals surface area contributed by atoms with Crippen LogP contribution in [0.15, 0.2) is 42.5 Å². The van der Waals surface area contributed by atoms with Gasteiger partial charge in [-0.05, 0) is 66.6 Å². The minimum absolute atomic E-state index is 0.0389. The first-order chi connectivity index (χ1) is 13.6. The summed E-state index contributed by atoms with van der Waals surface area (Å²) in [6.45, 7) is 9.36. The number of halogens is 1. The number of carbonyl (C=O) groups is 2. The minimum Gasteiger partial charge on any atom is -0.426 e. The van der Waals surface area contributed by atoms with Crippen LogP contribution >= 0.6 is 0 Å². The number of esters is 1. The van der Waals surface area contributed by atoms with Crippen molar-refractivity contribution in [3.05, 3.63) is 65.0 Å². The van der Waals surface area contributed by atoms with Crippen LogP contribution in [0.2, 0.25) is 0 Å². The number of aryl methyl sites for hydroxylation is 1. The Morgan fingerprint density at radius 3 is 2.21 bits per heavy atom. The first-order valence-corrected chi connectivity index (χ1v) is 10.0. The van der Waals surface area contributed by atoms with E-state index in [2.05, 4.69) is 26.8 Å². The van der Waals surface area contributed by atoms with Crippen LogP contribution in [0, 0.1) is 18.7 Å². The van der Waals surface area contributed by atoms with E-state index in [1.165, 1.54) is 29.8 Å². The highest BCUT2D eigenvalue weighted by Crippen LogP contribution is 2.29. The molecule has 0 radical (unpaired) electrons. The quantitative estimate of drug-likeness (QED) is 0.547. The van der Waals surface area contributed by atoms with Gasteiger partial charge in [0, 0.05) is 18.7 Å². The summed E-state index contributed by atoms with van der Waals surface area (Å²) in [5.74, 6) is -0.383. The van der Waals surface area contributed by atoms with Gasteiger partial charge in [-0.2, -0.15) is 0 Å². The summed E-state index contributed by atoms with van der Waals surface area (Å²) in [5, 5.41) is 0. The molecule has 4 nitrogen and oxygen atoms in total. The van der Waals surface area contributed by atoms with E-state index in [0.717, 1.165) is 5.56 Å². The number of benzene rings is 2.